The Labute approximate surface area is 172 Å². The Bertz CT molecular complexity index is 775. The number of benzene rings is 1. The van der Waals surface area contributed by atoms with Gasteiger partial charge in [-0.2, -0.15) is 0 Å². The van der Waals surface area contributed by atoms with Gasteiger partial charge in [0.25, 0.3) is 0 Å². The molecule has 27 heavy (non-hydrogen) atoms. The van der Waals surface area contributed by atoms with E-state index in [9.17, 15) is 4.79 Å². The molecule has 1 amide bonds. The van der Waals surface area contributed by atoms with Gasteiger partial charge in [-0.05, 0) is 30.9 Å². The smallest absolute Gasteiger partial charge is 0.230 e. The van der Waals surface area contributed by atoms with Crippen molar-refractivity contribution in [1.82, 2.24) is 9.88 Å². The van der Waals surface area contributed by atoms with Crippen LogP contribution in [-0.2, 0) is 11.3 Å². The third-order valence-electron chi connectivity index (χ3n) is 5.11. The van der Waals surface area contributed by atoms with Gasteiger partial charge in [0.1, 0.15) is 0 Å². The zero-order valence-electron chi connectivity index (χ0n) is 16.4. The van der Waals surface area contributed by atoms with Crippen LogP contribution >= 0.6 is 23.7 Å². The van der Waals surface area contributed by atoms with E-state index in [0.29, 0.717) is 0 Å². The van der Waals surface area contributed by atoms with Crippen LogP contribution in [-0.4, -0.2) is 34.9 Å². The molecule has 1 aliphatic rings. The molecule has 1 atom stereocenters. The molecule has 3 rings (SSSR count). The van der Waals surface area contributed by atoms with E-state index in [1.165, 1.54) is 16.9 Å². The van der Waals surface area contributed by atoms with Crippen LogP contribution in [0, 0.1) is 12.3 Å². The number of nitrogens with zero attached hydrogens (tertiary/aromatic N) is 3. The Morgan fingerprint density at radius 2 is 2.04 bits per heavy atom. The summed E-state index contributed by atoms with van der Waals surface area (Å²) in [5, 5.41) is 2.78. The number of hydrogen-bond donors (Lipinski definition) is 1. The maximum atomic E-state index is 12.2. The van der Waals surface area contributed by atoms with Crippen molar-refractivity contribution in [3.63, 3.8) is 0 Å². The second-order valence-corrected chi connectivity index (χ2v) is 8.74. The second-order valence-electron chi connectivity index (χ2n) is 7.91. The second kappa shape index (κ2) is 8.69. The van der Waals surface area contributed by atoms with E-state index in [-0.39, 0.29) is 29.8 Å². The van der Waals surface area contributed by atoms with Crippen LogP contribution in [0.4, 0.5) is 10.8 Å². The molecule has 1 aromatic heterocycles. The van der Waals surface area contributed by atoms with Gasteiger partial charge in [0.05, 0.1) is 11.4 Å². The number of piperidine rings is 1. The molecule has 1 unspecified atom stereocenters. The molecule has 2 aromatic rings. The Kier molecular flexibility index (Phi) is 7.03. The van der Waals surface area contributed by atoms with Crippen molar-refractivity contribution in [3.05, 3.63) is 40.9 Å². The van der Waals surface area contributed by atoms with Crippen LogP contribution in [0.5, 0.6) is 0 Å². The van der Waals surface area contributed by atoms with E-state index in [0.717, 1.165) is 42.6 Å². The molecule has 5 nitrogen and oxygen atoms in total. The van der Waals surface area contributed by atoms with E-state index in [2.05, 4.69) is 24.1 Å². The Morgan fingerprint density at radius 1 is 1.37 bits per heavy atom. The number of carbonyl (C=O) groups is 1. The van der Waals surface area contributed by atoms with Crippen molar-refractivity contribution in [1.29, 1.82) is 0 Å². The van der Waals surface area contributed by atoms with E-state index in [4.69, 9.17) is 10.7 Å². The number of amides is 1. The normalized spacial score (nSPS) is 19.4. The maximum Gasteiger partial charge on any atom is 0.230 e. The SMILES string of the molecule is CC(=O)N(c1ccc(C)cc1)c1nc(CN2CCC(N)C(C)(C)C2)cs1.Cl. The summed E-state index contributed by atoms with van der Waals surface area (Å²) < 4.78 is 0. The molecule has 1 fully saturated rings. The summed E-state index contributed by atoms with van der Waals surface area (Å²) in [4.78, 5) is 21.1. The Hall–Kier alpha value is -1.47. The maximum absolute atomic E-state index is 12.2. The zero-order chi connectivity index (χ0) is 18.9. The first-order chi connectivity index (χ1) is 12.3. The summed E-state index contributed by atoms with van der Waals surface area (Å²) in [6.07, 6.45) is 1.01. The molecule has 2 N–H and O–H groups in total. The molecule has 7 heteroatoms. The highest BCUT2D eigenvalue weighted by Gasteiger charge is 2.33. The molecule has 0 saturated carbocycles. The summed E-state index contributed by atoms with van der Waals surface area (Å²) in [6, 6.07) is 8.20. The standard InChI is InChI=1S/C20H28N4OS.ClH/c1-14-5-7-17(8-6-14)24(15(2)25)19-22-16(12-26-19)11-23-10-9-18(21)20(3,4)13-23;/h5-8,12,18H,9-11,13,21H2,1-4H3;1H. The van der Waals surface area contributed by atoms with E-state index < -0.39 is 0 Å². The van der Waals surface area contributed by atoms with Gasteiger partial charge in [-0.15, -0.1) is 23.7 Å². The lowest BCUT2D eigenvalue weighted by atomic mass is 9.80. The Balaban J connectivity index is 0.00000261. The van der Waals surface area contributed by atoms with Gasteiger partial charge >= 0.3 is 0 Å². The van der Waals surface area contributed by atoms with Crippen LogP contribution in [0.3, 0.4) is 0 Å². The fourth-order valence-electron chi connectivity index (χ4n) is 3.44. The minimum atomic E-state index is -0.0279. The first-order valence-electron chi connectivity index (χ1n) is 9.06. The summed E-state index contributed by atoms with van der Waals surface area (Å²) >= 11 is 1.52. The lowest BCUT2D eigenvalue weighted by molar-refractivity contribution is -0.115. The number of rotatable bonds is 4. The third kappa shape index (κ3) is 5.08. The average molecular weight is 409 g/mol. The molecule has 2 heterocycles. The highest BCUT2D eigenvalue weighted by Crippen LogP contribution is 2.31. The summed E-state index contributed by atoms with van der Waals surface area (Å²) in [5.41, 5.74) is 9.39. The molecule has 0 aliphatic carbocycles. The number of likely N-dealkylation sites (tertiary alicyclic amines) is 1. The molecular formula is C20H29ClN4OS. The minimum absolute atomic E-state index is 0. The van der Waals surface area contributed by atoms with Crippen molar-refractivity contribution in [2.24, 2.45) is 11.1 Å². The zero-order valence-corrected chi connectivity index (χ0v) is 18.1. The van der Waals surface area contributed by atoms with Gasteiger partial charge in [-0.3, -0.25) is 14.6 Å². The van der Waals surface area contributed by atoms with Crippen LogP contribution in [0.15, 0.2) is 29.6 Å². The number of anilines is 2. The largest absolute Gasteiger partial charge is 0.327 e. The Morgan fingerprint density at radius 3 is 2.63 bits per heavy atom. The lowest BCUT2D eigenvalue weighted by Crippen LogP contribution is -2.52. The van der Waals surface area contributed by atoms with E-state index in [1.807, 2.05) is 31.2 Å². The fourth-order valence-corrected chi connectivity index (χ4v) is 4.32. The highest BCUT2D eigenvalue weighted by atomic mass is 35.5. The van der Waals surface area contributed by atoms with E-state index in [1.54, 1.807) is 11.8 Å². The molecule has 1 aliphatic heterocycles. The first kappa shape index (κ1) is 21.8. The molecule has 1 saturated heterocycles. The van der Waals surface area contributed by atoms with E-state index >= 15 is 0 Å². The fraction of sp³-hybridized carbons (Fsp3) is 0.500. The molecule has 1 aromatic carbocycles. The van der Waals surface area contributed by atoms with Crippen LogP contribution in [0.1, 0.15) is 38.4 Å². The summed E-state index contributed by atoms with van der Waals surface area (Å²) in [6.45, 7) is 10.8. The predicted molar refractivity (Wildman–Crippen MR) is 115 cm³/mol. The monoisotopic (exact) mass is 408 g/mol. The molecule has 0 spiro atoms. The third-order valence-corrected chi connectivity index (χ3v) is 5.99. The number of halogens is 1. The van der Waals surface area contributed by atoms with Gasteiger partial charge in [0.15, 0.2) is 5.13 Å². The van der Waals surface area contributed by atoms with Gasteiger partial charge < -0.3 is 5.73 Å². The van der Waals surface area contributed by atoms with Crippen LogP contribution in [0.2, 0.25) is 0 Å². The number of nitrogens with two attached hydrogens (primary N) is 1. The van der Waals surface area contributed by atoms with Crippen molar-refractivity contribution in [2.45, 2.75) is 46.7 Å². The topological polar surface area (TPSA) is 62.5 Å². The van der Waals surface area contributed by atoms with Crippen molar-refractivity contribution < 1.29 is 4.79 Å². The molecule has 0 radical (unpaired) electrons. The molecular weight excluding hydrogens is 380 g/mol. The number of thiazole rings is 1. The number of hydrogen-bond acceptors (Lipinski definition) is 5. The summed E-state index contributed by atoms with van der Waals surface area (Å²) in [5.74, 6) is -0.0279. The quantitative estimate of drug-likeness (QED) is 0.826. The highest BCUT2D eigenvalue weighted by molar-refractivity contribution is 7.14. The number of carbonyl (C=O) groups excluding carboxylic acids is 1. The van der Waals surface area contributed by atoms with Crippen LogP contribution < -0.4 is 10.6 Å². The van der Waals surface area contributed by atoms with Gasteiger partial charge in [0, 0.05) is 38.0 Å². The van der Waals surface area contributed by atoms with Crippen LogP contribution in [0.25, 0.3) is 0 Å². The average Bonchev–Trinajstić information content (AvgIpc) is 3.00. The lowest BCUT2D eigenvalue weighted by Gasteiger charge is -2.42. The predicted octanol–water partition coefficient (Wildman–Crippen LogP) is 4.12. The van der Waals surface area contributed by atoms with Crippen molar-refractivity contribution >= 4 is 40.5 Å². The van der Waals surface area contributed by atoms with Gasteiger partial charge in [0.2, 0.25) is 5.91 Å². The number of aryl methyl sites for hydroxylation is 1. The van der Waals surface area contributed by atoms with Crippen molar-refractivity contribution in [3.8, 4) is 0 Å². The van der Waals surface area contributed by atoms with Gasteiger partial charge in [-0.25, -0.2) is 4.98 Å². The molecule has 0 bridgehead atoms. The number of aromatic nitrogens is 1. The molecule has 148 valence electrons. The van der Waals surface area contributed by atoms with Gasteiger partial charge in [-0.1, -0.05) is 31.5 Å². The summed E-state index contributed by atoms with van der Waals surface area (Å²) in [7, 11) is 0. The minimum Gasteiger partial charge on any atom is -0.327 e. The van der Waals surface area contributed by atoms with Crippen molar-refractivity contribution in [2.75, 3.05) is 18.0 Å². The first-order valence-corrected chi connectivity index (χ1v) is 9.94.